The molecule has 0 atom stereocenters. The lowest BCUT2D eigenvalue weighted by molar-refractivity contribution is 0.0600. The molecular weight excluding hydrogens is 413 g/mol. The largest absolute Gasteiger partial charge is 0.465 e. The minimum Gasteiger partial charge on any atom is -0.465 e. The third-order valence-electron chi connectivity index (χ3n) is 4.89. The molecule has 32 heavy (non-hydrogen) atoms. The van der Waals surface area contributed by atoms with Gasteiger partial charge >= 0.3 is 5.97 Å². The third kappa shape index (κ3) is 4.34. The lowest BCUT2D eigenvalue weighted by atomic mass is 10.2. The van der Waals surface area contributed by atoms with Crippen molar-refractivity contribution in [2.75, 3.05) is 17.7 Å². The molecule has 0 aliphatic carbocycles. The van der Waals surface area contributed by atoms with Gasteiger partial charge in [-0.2, -0.15) is 15.1 Å². The third-order valence-corrected chi connectivity index (χ3v) is 4.89. The Morgan fingerprint density at radius 2 is 1.94 bits per heavy atom. The fraction of sp³-hybridized carbons (Fsp3) is 0.227. The number of fused-ring (bicyclic) bond motifs is 1. The van der Waals surface area contributed by atoms with Crippen LogP contribution >= 0.6 is 0 Å². The summed E-state index contributed by atoms with van der Waals surface area (Å²) in [5, 5.41) is 11.8. The first-order chi connectivity index (χ1) is 15.5. The average molecular weight is 435 g/mol. The zero-order chi connectivity index (χ0) is 22.7. The van der Waals surface area contributed by atoms with Crippen LogP contribution in [0, 0.1) is 5.82 Å². The Kier molecular flexibility index (Phi) is 5.93. The first-order valence-corrected chi connectivity index (χ1v) is 10.0. The van der Waals surface area contributed by atoms with Crippen LogP contribution in [0.15, 0.2) is 42.6 Å². The molecule has 164 valence electrons. The molecule has 1 aromatic carbocycles. The van der Waals surface area contributed by atoms with E-state index >= 15 is 0 Å². The number of hydrogen-bond donors (Lipinski definition) is 2. The van der Waals surface area contributed by atoms with Crippen LogP contribution in [0.3, 0.4) is 0 Å². The van der Waals surface area contributed by atoms with E-state index in [9.17, 15) is 9.18 Å². The van der Waals surface area contributed by atoms with Gasteiger partial charge in [0.05, 0.1) is 23.8 Å². The van der Waals surface area contributed by atoms with Gasteiger partial charge in [-0.3, -0.25) is 0 Å². The molecule has 0 aliphatic heterocycles. The average Bonchev–Trinajstić information content (AvgIpc) is 3.14. The fourth-order valence-corrected chi connectivity index (χ4v) is 3.27. The molecule has 0 amide bonds. The molecule has 0 unspecified atom stereocenters. The molecule has 0 bridgehead atoms. The number of benzene rings is 1. The van der Waals surface area contributed by atoms with E-state index in [1.165, 1.54) is 25.4 Å². The second-order valence-corrected chi connectivity index (χ2v) is 7.05. The number of carbonyl (C=O) groups is 1. The van der Waals surface area contributed by atoms with Crippen molar-refractivity contribution in [3.63, 3.8) is 0 Å². The van der Waals surface area contributed by atoms with Crippen LogP contribution in [0.5, 0.6) is 0 Å². The summed E-state index contributed by atoms with van der Waals surface area (Å²) in [5.41, 5.74) is 2.79. The molecule has 0 saturated carbocycles. The lowest BCUT2D eigenvalue weighted by Crippen LogP contribution is -2.07. The predicted octanol–water partition coefficient (Wildman–Crippen LogP) is 3.60. The van der Waals surface area contributed by atoms with Crippen LogP contribution in [0.25, 0.3) is 11.0 Å². The van der Waals surface area contributed by atoms with Crippen molar-refractivity contribution in [2.45, 2.75) is 19.9 Å². The van der Waals surface area contributed by atoms with Crippen LogP contribution in [-0.2, 0) is 24.8 Å². The van der Waals surface area contributed by atoms with Gasteiger partial charge < -0.3 is 15.4 Å². The van der Waals surface area contributed by atoms with Gasteiger partial charge in [0.2, 0.25) is 5.95 Å². The molecule has 0 spiro atoms. The Morgan fingerprint density at radius 3 is 2.59 bits per heavy atom. The quantitative estimate of drug-likeness (QED) is 0.424. The first-order valence-electron chi connectivity index (χ1n) is 10.0. The Labute approximate surface area is 183 Å². The van der Waals surface area contributed by atoms with E-state index < -0.39 is 5.97 Å². The molecule has 9 nitrogen and oxygen atoms in total. The molecular formula is C22H22FN7O2. The van der Waals surface area contributed by atoms with Gasteiger partial charge in [-0.25, -0.2) is 18.9 Å². The van der Waals surface area contributed by atoms with Gasteiger partial charge in [0.25, 0.3) is 0 Å². The monoisotopic (exact) mass is 435 g/mol. The summed E-state index contributed by atoms with van der Waals surface area (Å²) in [6.07, 6.45) is 2.13. The van der Waals surface area contributed by atoms with Gasteiger partial charge in [-0.05, 0) is 36.2 Å². The molecule has 3 heterocycles. The first kappa shape index (κ1) is 21.2. The van der Waals surface area contributed by atoms with E-state index in [0.29, 0.717) is 35.3 Å². The van der Waals surface area contributed by atoms with Crippen molar-refractivity contribution in [3.05, 3.63) is 65.2 Å². The zero-order valence-electron chi connectivity index (χ0n) is 17.9. The molecule has 10 heteroatoms. The number of nitrogens with one attached hydrogen (secondary N) is 2. The van der Waals surface area contributed by atoms with Gasteiger partial charge in [0.15, 0.2) is 5.65 Å². The number of carbonyl (C=O) groups excluding carboxylic acids is 1. The van der Waals surface area contributed by atoms with Gasteiger partial charge in [-0.1, -0.05) is 19.1 Å². The highest BCUT2D eigenvalue weighted by atomic mass is 19.1. The maximum atomic E-state index is 13.2. The number of pyridine rings is 1. The molecule has 4 aromatic rings. The second kappa shape index (κ2) is 8.96. The van der Waals surface area contributed by atoms with Crippen LogP contribution in [0.1, 0.15) is 28.5 Å². The summed E-state index contributed by atoms with van der Waals surface area (Å²) in [6, 6.07) is 9.53. The molecule has 0 saturated heterocycles. The van der Waals surface area contributed by atoms with Gasteiger partial charge in [-0.15, -0.1) is 0 Å². The normalized spacial score (nSPS) is 10.9. The summed E-state index contributed by atoms with van der Waals surface area (Å²) >= 11 is 0. The van der Waals surface area contributed by atoms with Crippen LogP contribution in [0.2, 0.25) is 0 Å². The number of ether oxygens (including phenoxy) is 1. The number of nitrogens with zero attached hydrogens (tertiary/aromatic N) is 5. The summed E-state index contributed by atoms with van der Waals surface area (Å²) in [4.78, 5) is 25.1. The molecule has 0 radical (unpaired) electrons. The number of aryl methyl sites for hydroxylation is 2. The summed E-state index contributed by atoms with van der Waals surface area (Å²) in [7, 11) is 3.14. The van der Waals surface area contributed by atoms with Crippen molar-refractivity contribution >= 4 is 34.6 Å². The minimum atomic E-state index is -0.462. The molecule has 4 rings (SSSR count). The van der Waals surface area contributed by atoms with E-state index in [1.54, 1.807) is 28.9 Å². The van der Waals surface area contributed by atoms with Crippen molar-refractivity contribution < 1.29 is 13.9 Å². The molecule has 2 N–H and O–H groups in total. The number of aromatic nitrogens is 5. The summed E-state index contributed by atoms with van der Waals surface area (Å²) in [5.74, 6) is 0.660. The highest BCUT2D eigenvalue weighted by molar-refractivity contribution is 5.91. The Bertz CT molecular complexity index is 1250. The van der Waals surface area contributed by atoms with Crippen molar-refractivity contribution in [3.8, 4) is 0 Å². The highest BCUT2D eigenvalue weighted by Crippen LogP contribution is 2.27. The minimum absolute atomic E-state index is 0.282. The van der Waals surface area contributed by atoms with E-state index in [1.807, 2.05) is 14.0 Å². The maximum absolute atomic E-state index is 13.2. The van der Waals surface area contributed by atoms with E-state index in [-0.39, 0.29) is 5.82 Å². The number of methoxy groups -OCH3 is 1. The van der Waals surface area contributed by atoms with E-state index in [4.69, 9.17) is 4.74 Å². The Balaban J connectivity index is 1.66. The molecule has 0 aliphatic rings. The zero-order valence-corrected chi connectivity index (χ0v) is 17.9. The fourth-order valence-electron chi connectivity index (χ4n) is 3.27. The highest BCUT2D eigenvalue weighted by Gasteiger charge is 2.17. The van der Waals surface area contributed by atoms with Crippen molar-refractivity contribution in [1.82, 2.24) is 24.7 Å². The van der Waals surface area contributed by atoms with Crippen molar-refractivity contribution in [2.24, 2.45) is 7.05 Å². The number of esters is 1. The van der Waals surface area contributed by atoms with E-state index in [0.717, 1.165) is 23.1 Å². The van der Waals surface area contributed by atoms with Crippen LogP contribution in [0.4, 0.5) is 22.0 Å². The number of hydrogen-bond acceptors (Lipinski definition) is 8. The standard InChI is InChI=1S/C22H22FN7O2/c1-4-16-18-19(25-11-13-5-8-15(23)9-6-13)27-22(28-20(18)30(2)29-16)26-17-10-7-14(12-24-17)21(31)32-3/h5-10,12H,4,11H2,1-3H3,(H2,24,25,26,27,28). The van der Waals surface area contributed by atoms with Crippen LogP contribution < -0.4 is 10.6 Å². The SMILES string of the molecule is CCc1nn(C)c2nc(Nc3ccc(C(=O)OC)cn3)nc(NCc3ccc(F)cc3)c12. The maximum Gasteiger partial charge on any atom is 0.339 e. The van der Waals surface area contributed by atoms with Crippen molar-refractivity contribution in [1.29, 1.82) is 0 Å². The second-order valence-electron chi connectivity index (χ2n) is 7.05. The predicted molar refractivity (Wildman–Crippen MR) is 118 cm³/mol. The Hall–Kier alpha value is -4.08. The number of rotatable bonds is 7. The Morgan fingerprint density at radius 1 is 1.16 bits per heavy atom. The van der Waals surface area contributed by atoms with Gasteiger partial charge in [0, 0.05) is 19.8 Å². The molecule has 3 aromatic heterocycles. The summed E-state index contributed by atoms with van der Waals surface area (Å²) < 4.78 is 19.6. The van der Waals surface area contributed by atoms with E-state index in [2.05, 4.69) is 30.7 Å². The number of anilines is 3. The van der Waals surface area contributed by atoms with Crippen LogP contribution in [-0.4, -0.2) is 37.8 Å². The molecule has 0 fully saturated rings. The lowest BCUT2D eigenvalue weighted by Gasteiger charge is -2.11. The number of halogens is 1. The summed E-state index contributed by atoms with van der Waals surface area (Å²) in [6.45, 7) is 2.47. The van der Waals surface area contributed by atoms with Gasteiger partial charge in [0.1, 0.15) is 17.5 Å². The smallest absolute Gasteiger partial charge is 0.339 e. The topological polar surface area (TPSA) is 107 Å².